The first-order chi connectivity index (χ1) is 12.2. The van der Waals surface area contributed by atoms with Crippen LogP contribution in [0.1, 0.15) is 29.6 Å². The third-order valence-electron chi connectivity index (χ3n) is 4.69. The molecule has 3 unspecified atom stereocenters. The summed E-state index contributed by atoms with van der Waals surface area (Å²) in [6.07, 6.45) is 4.04. The Kier molecular flexibility index (Phi) is 5.75. The number of hydrogen-bond donors (Lipinski definition) is 3. The van der Waals surface area contributed by atoms with Crippen LogP contribution in [0.4, 0.5) is 0 Å². The summed E-state index contributed by atoms with van der Waals surface area (Å²) in [5.74, 6) is 1.30. The maximum atomic E-state index is 12.1. The number of benzene rings is 1. The number of carbonyl (C=O) groups excluding carboxylic acids is 1. The maximum Gasteiger partial charge on any atom is 0.251 e. The molecule has 7 heteroatoms. The SMILES string of the molecule is CN=C(NCCNC(=O)c1cccc(OC)c1)NC1CC2CCC1O2. The lowest BCUT2D eigenvalue weighted by Crippen LogP contribution is -2.48. The van der Waals surface area contributed by atoms with Gasteiger partial charge in [-0.2, -0.15) is 0 Å². The van der Waals surface area contributed by atoms with Crippen molar-refractivity contribution in [3.63, 3.8) is 0 Å². The lowest BCUT2D eigenvalue weighted by Gasteiger charge is -2.22. The Labute approximate surface area is 148 Å². The average Bonchev–Trinajstić information content (AvgIpc) is 3.27. The van der Waals surface area contributed by atoms with E-state index in [9.17, 15) is 4.79 Å². The van der Waals surface area contributed by atoms with Crippen LogP contribution in [0, 0.1) is 0 Å². The Balaban J connectivity index is 1.38. The number of fused-ring (bicyclic) bond motifs is 2. The Bertz CT molecular complexity index is 635. The van der Waals surface area contributed by atoms with Gasteiger partial charge >= 0.3 is 0 Å². The topological polar surface area (TPSA) is 84.0 Å². The standard InChI is InChI=1S/C18H26N4O3/c1-19-18(22-15-11-14-6-7-16(15)25-14)21-9-8-20-17(23)12-4-3-5-13(10-12)24-2/h3-5,10,14-16H,6-9,11H2,1-2H3,(H,20,23)(H2,19,21,22). The smallest absolute Gasteiger partial charge is 0.251 e. The molecular weight excluding hydrogens is 320 g/mol. The number of guanidine groups is 1. The number of nitrogens with one attached hydrogen (secondary N) is 3. The van der Waals surface area contributed by atoms with Gasteiger partial charge in [-0.05, 0) is 37.5 Å². The van der Waals surface area contributed by atoms with Crippen molar-refractivity contribution in [2.24, 2.45) is 4.99 Å². The summed E-state index contributed by atoms with van der Waals surface area (Å²) in [5.41, 5.74) is 0.584. The van der Waals surface area contributed by atoms with Gasteiger partial charge in [0.25, 0.3) is 5.91 Å². The quantitative estimate of drug-likeness (QED) is 0.405. The van der Waals surface area contributed by atoms with Gasteiger partial charge in [-0.25, -0.2) is 0 Å². The third-order valence-corrected chi connectivity index (χ3v) is 4.69. The minimum atomic E-state index is -0.120. The number of amides is 1. The van der Waals surface area contributed by atoms with E-state index in [0.717, 1.165) is 18.8 Å². The summed E-state index contributed by atoms with van der Waals surface area (Å²) in [6.45, 7) is 1.10. The van der Waals surface area contributed by atoms with Crippen molar-refractivity contribution in [3.8, 4) is 5.75 Å². The van der Waals surface area contributed by atoms with E-state index < -0.39 is 0 Å². The van der Waals surface area contributed by atoms with Gasteiger partial charge in [0.1, 0.15) is 5.75 Å². The van der Waals surface area contributed by atoms with E-state index in [1.54, 1.807) is 32.4 Å². The van der Waals surface area contributed by atoms with Crippen LogP contribution in [0.5, 0.6) is 5.75 Å². The molecule has 0 aliphatic carbocycles. The number of aliphatic imine (C=N–C) groups is 1. The molecule has 0 spiro atoms. The van der Waals surface area contributed by atoms with Gasteiger partial charge in [-0.15, -0.1) is 0 Å². The molecule has 1 aromatic carbocycles. The number of carbonyl (C=O) groups is 1. The molecule has 2 fully saturated rings. The molecule has 136 valence electrons. The summed E-state index contributed by atoms with van der Waals surface area (Å²) in [4.78, 5) is 16.4. The zero-order valence-corrected chi connectivity index (χ0v) is 14.7. The molecule has 3 rings (SSSR count). The molecule has 1 amide bonds. The fourth-order valence-corrected chi connectivity index (χ4v) is 3.38. The Hall–Kier alpha value is -2.28. The van der Waals surface area contributed by atoms with Gasteiger partial charge in [0.15, 0.2) is 5.96 Å². The highest BCUT2D eigenvalue weighted by molar-refractivity contribution is 5.94. The van der Waals surface area contributed by atoms with Gasteiger partial charge in [-0.3, -0.25) is 9.79 Å². The van der Waals surface area contributed by atoms with Crippen molar-refractivity contribution in [1.82, 2.24) is 16.0 Å². The maximum absolute atomic E-state index is 12.1. The van der Waals surface area contributed by atoms with E-state index in [1.807, 2.05) is 6.07 Å². The lowest BCUT2D eigenvalue weighted by atomic mass is 9.96. The zero-order valence-electron chi connectivity index (χ0n) is 14.7. The van der Waals surface area contributed by atoms with E-state index in [0.29, 0.717) is 42.7 Å². The van der Waals surface area contributed by atoms with Gasteiger partial charge in [-0.1, -0.05) is 6.07 Å². The second-order valence-corrected chi connectivity index (χ2v) is 6.35. The van der Waals surface area contributed by atoms with Crippen LogP contribution in [0.25, 0.3) is 0 Å². The molecule has 25 heavy (non-hydrogen) atoms. The van der Waals surface area contributed by atoms with Crippen LogP contribution in [0.15, 0.2) is 29.3 Å². The largest absolute Gasteiger partial charge is 0.497 e. The number of nitrogens with zero attached hydrogens (tertiary/aromatic N) is 1. The third kappa shape index (κ3) is 4.42. The molecule has 2 bridgehead atoms. The highest BCUT2D eigenvalue weighted by atomic mass is 16.5. The van der Waals surface area contributed by atoms with Gasteiger partial charge < -0.3 is 25.4 Å². The normalized spacial score (nSPS) is 24.9. The van der Waals surface area contributed by atoms with Crippen LogP contribution >= 0.6 is 0 Å². The van der Waals surface area contributed by atoms with E-state index >= 15 is 0 Å². The highest BCUT2D eigenvalue weighted by Crippen LogP contribution is 2.34. The van der Waals surface area contributed by atoms with E-state index in [1.165, 1.54) is 6.42 Å². The van der Waals surface area contributed by atoms with Gasteiger partial charge in [0, 0.05) is 25.7 Å². The molecule has 2 aliphatic rings. The number of hydrogen-bond acceptors (Lipinski definition) is 4. The molecule has 3 atom stereocenters. The summed E-state index contributed by atoms with van der Waals surface area (Å²) < 4.78 is 11.0. The van der Waals surface area contributed by atoms with E-state index in [4.69, 9.17) is 9.47 Å². The van der Waals surface area contributed by atoms with E-state index in [2.05, 4.69) is 20.9 Å². The van der Waals surface area contributed by atoms with E-state index in [-0.39, 0.29) is 5.91 Å². The molecule has 0 aromatic heterocycles. The fourth-order valence-electron chi connectivity index (χ4n) is 3.38. The average molecular weight is 346 g/mol. The number of ether oxygens (including phenoxy) is 2. The first-order valence-corrected chi connectivity index (χ1v) is 8.74. The first kappa shape index (κ1) is 17.5. The molecule has 3 N–H and O–H groups in total. The molecule has 1 aromatic rings. The summed E-state index contributed by atoms with van der Waals surface area (Å²) in [7, 11) is 3.33. The summed E-state index contributed by atoms with van der Waals surface area (Å²) in [6, 6.07) is 7.43. The molecule has 2 heterocycles. The Morgan fingerprint density at radius 2 is 2.16 bits per heavy atom. The van der Waals surface area contributed by atoms with Crippen molar-refractivity contribution < 1.29 is 14.3 Å². The van der Waals surface area contributed by atoms with Crippen LogP contribution in [-0.2, 0) is 4.74 Å². The van der Waals surface area contributed by atoms with Gasteiger partial charge in [0.2, 0.25) is 0 Å². The van der Waals surface area contributed by atoms with Crippen LogP contribution in [0.3, 0.4) is 0 Å². The highest BCUT2D eigenvalue weighted by Gasteiger charge is 2.41. The van der Waals surface area contributed by atoms with Crippen molar-refractivity contribution in [2.75, 3.05) is 27.2 Å². The molecule has 0 radical (unpaired) electrons. The second-order valence-electron chi connectivity index (χ2n) is 6.35. The number of rotatable bonds is 6. The zero-order chi connectivity index (χ0) is 17.6. The predicted molar refractivity (Wildman–Crippen MR) is 96.1 cm³/mol. The summed E-state index contributed by atoms with van der Waals surface area (Å²) in [5, 5.41) is 9.53. The lowest BCUT2D eigenvalue weighted by molar-refractivity contribution is 0.0954. The summed E-state index contributed by atoms with van der Waals surface area (Å²) >= 11 is 0. The van der Waals surface area contributed by atoms with Gasteiger partial charge in [0.05, 0.1) is 25.4 Å². The van der Waals surface area contributed by atoms with Crippen molar-refractivity contribution in [1.29, 1.82) is 0 Å². The second kappa shape index (κ2) is 8.20. The van der Waals surface area contributed by atoms with Crippen LogP contribution in [0.2, 0.25) is 0 Å². The molecular formula is C18H26N4O3. The molecule has 0 saturated carbocycles. The fraction of sp³-hybridized carbons (Fsp3) is 0.556. The molecule has 2 aliphatic heterocycles. The minimum absolute atomic E-state index is 0.120. The predicted octanol–water partition coefficient (Wildman–Crippen LogP) is 0.910. The molecule has 7 nitrogen and oxygen atoms in total. The minimum Gasteiger partial charge on any atom is -0.497 e. The van der Waals surface area contributed by atoms with Crippen molar-refractivity contribution in [3.05, 3.63) is 29.8 Å². The van der Waals surface area contributed by atoms with Crippen molar-refractivity contribution in [2.45, 2.75) is 37.5 Å². The monoisotopic (exact) mass is 346 g/mol. The van der Waals surface area contributed by atoms with Crippen molar-refractivity contribution >= 4 is 11.9 Å². The molecule has 2 saturated heterocycles. The Morgan fingerprint density at radius 1 is 1.32 bits per heavy atom. The van der Waals surface area contributed by atoms with Crippen LogP contribution < -0.4 is 20.7 Å². The van der Waals surface area contributed by atoms with Crippen LogP contribution in [-0.4, -0.2) is 57.4 Å². The first-order valence-electron chi connectivity index (χ1n) is 8.74. The Morgan fingerprint density at radius 3 is 2.84 bits per heavy atom. The number of methoxy groups -OCH3 is 1.